The van der Waals surface area contributed by atoms with E-state index in [4.69, 9.17) is 4.52 Å². The minimum Gasteiger partial charge on any atom is -0.312 e. The molecule has 0 aliphatic carbocycles. The van der Waals surface area contributed by atoms with Gasteiger partial charge in [0, 0.05) is 13.1 Å². The molecule has 4 nitrogen and oxygen atoms in total. The second-order valence-corrected chi connectivity index (χ2v) is 5.50. The van der Waals surface area contributed by atoms with Crippen LogP contribution in [0.25, 0.3) is 0 Å². The largest absolute Gasteiger partial charge is 0.405 e. The molecule has 0 fully saturated rings. The highest BCUT2D eigenvalue weighted by molar-refractivity contribution is 7.50. The first-order valence-corrected chi connectivity index (χ1v) is 7.40. The zero-order valence-corrected chi connectivity index (χ0v) is 11.3. The number of hydrogen-bond acceptors (Lipinski definition) is 2. The van der Waals surface area contributed by atoms with Gasteiger partial charge < -0.3 is 4.89 Å². The zero-order chi connectivity index (χ0) is 12.7. The van der Waals surface area contributed by atoms with E-state index < -0.39 is 7.75 Å². The summed E-state index contributed by atoms with van der Waals surface area (Å²) in [6.45, 7) is 4.96. The molecular weight excluding hydrogens is 237 g/mol. The maximum atomic E-state index is 11.8. The summed E-state index contributed by atoms with van der Waals surface area (Å²) in [4.78, 5) is 9.71. The molecule has 0 saturated heterocycles. The highest BCUT2D eigenvalue weighted by atomic mass is 31.2. The fourth-order valence-electron chi connectivity index (χ4n) is 1.59. The van der Waals surface area contributed by atoms with Crippen LogP contribution in [0.4, 0.5) is 0 Å². The fourth-order valence-corrected chi connectivity index (χ4v) is 2.80. The average molecular weight is 257 g/mol. The number of nitrogens with zero attached hydrogens (tertiary/aromatic N) is 1. The third-order valence-electron chi connectivity index (χ3n) is 2.58. The molecule has 0 saturated carbocycles. The Morgan fingerprint density at radius 1 is 1.24 bits per heavy atom. The van der Waals surface area contributed by atoms with Gasteiger partial charge >= 0.3 is 7.75 Å². The first-order valence-electron chi connectivity index (χ1n) is 5.86. The van der Waals surface area contributed by atoms with Crippen molar-refractivity contribution in [1.29, 1.82) is 0 Å². The summed E-state index contributed by atoms with van der Waals surface area (Å²) in [5.74, 6) is 0. The summed E-state index contributed by atoms with van der Waals surface area (Å²) < 4.78 is 18.4. The Hall–Kier alpha value is -0.670. The maximum Gasteiger partial charge on any atom is 0.405 e. The van der Waals surface area contributed by atoms with Crippen LogP contribution in [0.1, 0.15) is 19.4 Å². The van der Waals surface area contributed by atoms with Gasteiger partial charge in [0.2, 0.25) is 0 Å². The maximum absolute atomic E-state index is 11.8. The lowest BCUT2D eigenvalue weighted by Gasteiger charge is -2.23. The monoisotopic (exact) mass is 257 g/mol. The highest BCUT2D eigenvalue weighted by Crippen LogP contribution is 2.45. The van der Waals surface area contributed by atoms with Gasteiger partial charge in [-0.3, -0.25) is 4.52 Å². The van der Waals surface area contributed by atoms with Crippen molar-refractivity contribution in [2.75, 3.05) is 19.7 Å². The predicted molar refractivity (Wildman–Crippen MR) is 68.8 cm³/mol. The van der Waals surface area contributed by atoms with E-state index in [-0.39, 0.29) is 6.61 Å². The third-order valence-corrected chi connectivity index (χ3v) is 4.38. The summed E-state index contributed by atoms with van der Waals surface area (Å²) >= 11 is 0. The van der Waals surface area contributed by atoms with Crippen molar-refractivity contribution in [3.05, 3.63) is 35.9 Å². The van der Waals surface area contributed by atoms with Crippen LogP contribution in [-0.2, 0) is 15.5 Å². The van der Waals surface area contributed by atoms with Crippen LogP contribution in [0.5, 0.6) is 0 Å². The standard InChI is InChI=1S/C12H20NO3P/c1-3-13(4-2)17(14,15)16-11-10-12-8-6-5-7-9-12/h5-9H,3-4,10-11H2,1-2H3,(H,14,15). The van der Waals surface area contributed by atoms with Gasteiger partial charge in [0.05, 0.1) is 6.61 Å². The molecule has 1 unspecified atom stereocenters. The van der Waals surface area contributed by atoms with Crippen LogP contribution in [0.3, 0.4) is 0 Å². The summed E-state index contributed by atoms with van der Waals surface area (Å²) in [5.41, 5.74) is 1.10. The summed E-state index contributed by atoms with van der Waals surface area (Å²) in [5, 5.41) is 0. The Labute approximate surface area is 103 Å². The molecule has 0 aliphatic rings. The van der Waals surface area contributed by atoms with Gasteiger partial charge in [0.15, 0.2) is 0 Å². The van der Waals surface area contributed by atoms with Crippen LogP contribution < -0.4 is 0 Å². The predicted octanol–water partition coefficient (Wildman–Crippen LogP) is 2.69. The molecule has 5 heteroatoms. The SMILES string of the molecule is CCN(CC)P(=O)(O)OCCc1ccccc1. The van der Waals surface area contributed by atoms with Gasteiger partial charge in [0.1, 0.15) is 0 Å². The van der Waals surface area contributed by atoms with E-state index in [0.717, 1.165) is 5.56 Å². The lowest BCUT2D eigenvalue weighted by molar-refractivity contribution is 0.208. The molecule has 96 valence electrons. The molecule has 0 radical (unpaired) electrons. The number of hydrogen-bond donors (Lipinski definition) is 1. The summed E-state index contributed by atoms with van der Waals surface area (Å²) in [6.07, 6.45) is 0.645. The Bertz CT molecular complexity index is 365. The summed E-state index contributed by atoms with van der Waals surface area (Å²) in [7, 11) is -3.61. The van der Waals surface area contributed by atoms with Gasteiger partial charge in [-0.1, -0.05) is 44.2 Å². The Morgan fingerprint density at radius 3 is 2.35 bits per heavy atom. The minimum atomic E-state index is -3.61. The van der Waals surface area contributed by atoms with E-state index >= 15 is 0 Å². The second-order valence-electron chi connectivity index (χ2n) is 3.70. The van der Waals surface area contributed by atoms with Crippen LogP contribution in [-0.4, -0.2) is 29.3 Å². The van der Waals surface area contributed by atoms with E-state index in [1.54, 1.807) is 0 Å². The molecule has 0 amide bonds. The molecule has 17 heavy (non-hydrogen) atoms. The van der Waals surface area contributed by atoms with E-state index in [1.807, 2.05) is 44.2 Å². The van der Waals surface area contributed by atoms with Crippen molar-refractivity contribution in [1.82, 2.24) is 4.67 Å². The lowest BCUT2D eigenvalue weighted by atomic mass is 10.2. The van der Waals surface area contributed by atoms with Crippen LogP contribution >= 0.6 is 7.75 Å². The van der Waals surface area contributed by atoms with Gasteiger partial charge in [-0.25, -0.2) is 9.24 Å². The molecule has 0 spiro atoms. The molecular formula is C12H20NO3P. The Morgan fingerprint density at radius 2 is 1.82 bits per heavy atom. The number of benzene rings is 1. The first kappa shape index (κ1) is 14.4. The van der Waals surface area contributed by atoms with E-state index in [2.05, 4.69) is 0 Å². The molecule has 1 aromatic rings. The van der Waals surface area contributed by atoms with E-state index in [0.29, 0.717) is 19.5 Å². The molecule has 0 heterocycles. The molecule has 1 aromatic carbocycles. The second kappa shape index (κ2) is 6.92. The first-order chi connectivity index (χ1) is 8.10. The third kappa shape index (κ3) is 4.60. The van der Waals surface area contributed by atoms with Crippen molar-refractivity contribution >= 4 is 7.75 Å². The van der Waals surface area contributed by atoms with E-state index in [1.165, 1.54) is 4.67 Å². The smallest absolute Gasteiger partial charge is 0.312 e. The molecule has 1 N–H and O–H groups in total. The average Bonchev–Trinajstić information content (AvgIpc) is 2.31. The number of rotatable bonds is 7. The molecule has 1 rings (SSSR count). The van der Waals surface area contributed by atoms with Crippen molar-refractivity contribution in [2.45, 2.75) is 20.3 Å². The fraction of sp³-hybridized carbons (Fsp3) is 0.500. The quantitative estimate of drug-likeness (QED) is 0.763. The molecule has 0 bridgehead atoms. The van der Waals surface area contributed by atoms with Crippen LogP contribution in [0.15, 0.2) is 30.3 Å². The Kier molecular flexibility index (Phi) is 5.86. The van der Waals surface area contributed by atoms with Gasteiger partial charge in [0.25, 0.3) is 0 Å². The van der Waals surface area contributed by atoms with Gasteiger partial charge in [-0.2, -0.15) is 0 Å². The lowest BCUT2D eigenvalue weighted by Crippen LogP contribution is -2.21. The molecule has 0 aliphatic heterocycles. The van der Waals surface area contributed by atoms with Crippen molar-refractivity contribution in [3.8, 4) is 0 Å². The normalized spacial score (nSPS) is 14.8. The van der Waals surface area contributed by atoms with Gasteiger partial charge in [-0.15, -0.1) is 0 Å². The van der Waals surface area contributed by atoms with E-state index in [9.17, 15) is 9.46 Å². The minimum absolute atomic E-state index is 0.258. The van der Waals surface area contributed by atoms with Gasteiger partial charge in [-0.05, 0) is 12.0 Å². The highest BCUT2D eigenvalue weighted by Gasteiger charge is 2.26. The van der Waals surface area contributed by atoms with Crippen molar-refractivity contribution < 1.29 is 14.0 Å². The van der Waals surface area contributed by atoms with Crippen molar-refractivity contribution in [3.63, 3.8) is 0 Å². The zero-order valence-electron chi connectivity index (χ0n) is 10.4. The molecule has 0 aromatic heterocycles. The van der Waals surface area contributed by atoms with Crippen LogP contribution in [0.2, 0.25) is 0 Å². The van der Waals surface area contributed by atoms with Crippen molar-refractivity contribution in [2.24, 2.45) is 0 Å². The van der Waals surface area contributed by atoms with Crippen LogP contribution in [0, 0.1) is 0 Å². The topological polar surface area (TPSA) is 49.8 Å². The summed E-state index contributed by atoms with van der Waals surface area (Å²) in [6, 6.07) is 9.78. The Balaban J connectivity index is 2.43. The molecule has 1 atom stereocenters.